The first-order valence-electron chi connectivity index (χ1n) is 6.85. The van der Waals surface area contributed by atoms with Crippen LogP contribution in [-0.4, -0.2) is 42.4 Å². The predicted molar refractivity (Wildman–Crippen MR) is 73.1 cm³/mol. The van der Waals surface area contributed by atoms with Gasteiger partial charge in [0.2, 0.25) is 11.8 Å². The van der Waals surface area contributed by atoms with Gasteiger partial charge in [0.05, 0.1) is 0 Å². The highest BCUT2D eigenvalue weighted by Crippen LogP contribution is 2.00. The first kappa shape index (κ1) is 16.9. The fourth-order valence-electron chi connectivity index (χ4n) is 1.79. The van der Waals surface area contributed by atoms with Crippen molar-refractivity contribution >= 4 is 11.8 Å². The van der Waals surface area contributed by atoms with E-state index in [2.05, 4.69) is 5.32 Å². The smallest absolute Gasteiger partial charge is 0.244 e. The lowest BCUT2D eigenvalue weighted by Crippen LogP contribution is -2.46. The lowest BCUT2D eigenvalue weighted by Gasteiger charge is -2.23. The molecule has 0 aromatic rings. The van der Waals surface area contributed by atoms with Crippen LogP contribution < -0.4 is 11.1 Å². The summed E-state index contributed by atoms with van der Waals surface area (Å²) >= 11 is 0. The number of hydrogen-bond donors (Lipinski definition) is 2. The third-order valence-electron chi connectivity index (χ3n) is 2.93. The van der Waals surface area contributed by atoms with E-state index in [4.69, 9.17) is 5.73 Å². The quantitative estimate of drug-likeness (QED) is 0.602. The van der Waals surface area contributed by atoms with Crippen LogP contribution >= 0.6 is 0 Å². The second-order valence-corrected chi connectivity index (χ2v) is 4.40. The van der Waals surface area contributed by atoms with Gasteiger partial charge in [0.1, 0.15) is 6.04 Å². The van der Waals surface area contributed by atoms with Gasteiger partial charge in [-0.3, -0.25) is 9.59 Å². The van der Waals surface area contributed by atoms with Gasteiger partial charge in [0.15, 0.2) is 0 Å². The number of unbranched alkanes of at least 4 members (excludes halogenated alkanes) is 2. The van der Waals surface area contributed by atoms with Crippen molar-refractivity contribution in [3.8, 4) is 0 Å². The minimum Gasteiger partial charge on any atom is -0.345 e. The number of carbonyl (C=O) groups excluding carboxylic acids is 2. The van der Waals surface area contributed by atoms with Crippen LogP contribution in [0.2, 0.25) is 0 Å². The first-order chi connectivity index (χ1) is 8.56. The monoisotopic (exact) mass is 257 g/mol. The van der Waals surface area contributed by atoms with Gasteiger partial charge < -0.3 is 16.0 Å². The Kier molecular flexibility index (Phi) is 9.28. The average Bonchev–Trinajstić information content (AvgIpc) is 2.36. The summed E-state index contributed by atoms with van der Waals surface area (Å²) in [6.45, 7) is 7.61. The molecule has 0 radical (unpaired) electrons. The number of nitrogens with one attached hydrogen (secondary N) is 1. The summed E-state index contributed by atoms with van der Waals surface area (Å²) < 4.78 is 0. The van der Waals surface area contributed by atoms with Gasteiger partial charge in [0, 0.05) is 19.5 Å². The van der Waals surface area contributed by atoms with Gasteiger partial charge >= 0.3 is 0 Å². The van der Waals surface area contributed by atoms with Crippen LogP contribution in [0, 0.1) is 0 Å². The number of nitrogens with two attached hydrogens (primary N) is 1. The SMILES string of the molecule is CCN(CC)C(=O)C(C)NC(=O)CCCCCN. The molecule has 0 heterocycles. The topological polar surface area (TPSA) is 75.4 Å². The summed E-state index contributed by atoms with van der Waals surface area (Å²) in [6, 6.07) is -0.438. The Morgan fingerprint density at radius 2 is 1.78 bits per heavy atom. The molecule has 0 saturated heterocycles. The molecule has 0 aliphatic heterocycles. The van der Waals surface area contributed by atoms with Gasteiger partial charge in [-0.1, -0.05) is 6.42 Å². The third kappa shape index (κ3) is 6.59. The van der Waals surface area contributed by atoms with Crippen molar-refractivity contribution in [3.63, 3.8) is 0 Å². The van der Waals surface area contributed by atoms with Gasteiger partial charge in [-0.25, -0.2) is 0 Å². The van der Waals surface area contributed by atoms with Crippen LogP contribution in [0.25, 0.3) is 0 Å². The zero-order chi connectivity index (χ0) is 14.0. The minimum atomic E-state index is -0.438. The van der Waals surface area contributed by atoms with Crippen molar-refractivity contribution in [2.75, 3.05) is 19.6 Å². The lowest BCUT2D eigenvalue weighted by atomic mass is 10.2. The van der Waals surface area contributed by atoms with E-state index in [0.29, 0.717) is 26.1 Å². The molecule has 106 valence electrons. The van der Waals surface area contributed by atoms with Crippen molar-refractivity contribution < 1.29 is 9.59 Å². The van der Waals surface area contributed by atoms with Crippen LogP contribution in [0.3, 0.4) is 0 Å². The highest BCUT2D eigenvalue weighted by Gasteiger charge is 2.19. The molecule has 1 atom stereocenters. The normalized spacial score (nSPS) is 12.0. The molecule has 1 unspecified atom stereocenters. The van der Waals surface area contributed by atoms with E-state index in [9.17, 15) is 9.59 Å². The van der Waals surface area contributed by atoms with E-state index in [0.717, 1.165) is 19.3 Å². The number of amides is 2. The van der Waals surface area contributed by atoms with Crippen molar-refractivity contribution in [3.05, 3.63) is 0 Å². The van der Waals surface area contributed by atoms with Crippen molar-refractivity contribution in [1.82, 2.24) is 10.2 Å². The summed E-state index contributed by atoms with van der Waals surface area (Å²) in [5.41, 5.74) is 5.38. The molecule has 18 heavy (non-hydrogen) atoms. The van der Waals surface area contributed by atoms with Crippen molar-refractivity contribution in [2.45, 2.75) is 52.5 Å². The maximum absolute atomic E-state index is 11.9. The number of nitrogens with zero attached hydrogens (tertiary/aromatic N) is 1. The number of hydrogen-bond acceptors (Lipinski definition) is 3. The molecule has 3 N–H and O–H groups in total. The zero-order valence-electron chi connectivity index (χ0n) is 11.9. The van der Waals surface area contributed by atoms with E-state index < -0.39 is 6.04 Å². The second kappa shape index (κ2) is 9.88. The van der Waals surface area contributed by atoms with Crippen LogP contribution in [-0.2, 0) is 9.59 Å². The molecule has 0 fully saturated rings. The molecule has 5 nitrogen and oxygen atoms in total. The van der Waals surface area contributed by atoms with Crippen LogP contribution in [0.5, 0.6) is 0 Å². The molecule has 0 aromatic carbocycles. The van der Waals surface area contributed by atoms with Crippen molar-refractivity contribution in [2.24, 2.45) is 5.73 Å². The molecule has 0 bridgehead atoms. The lowest BCUT2D eigenvalue weighted by molar-refractivity contribution is -0.135. The van der Waals surface area contributed by atoms with Gasteiger partial charge in [-0.15, -0.1) is 0 Å². The standard InChI is InChI=1S/C13H27N3O2/c1-4-16(5-2)13(18)11(3)15-12(17)9-7-6-8-10-14/h11H,4-10,14H2,1-3H3,(H,15,17). The Bertz CT molecular complexity index is 253. The highest BCUT2D eigenvalue weighted by molar-refractivity contribution is 5.87. The molecule has 0 spiro atoms. The highest BCUT2D eigenvalue weighted by atomic mass is 16.2. The van der Waals surface area contributed by atoms with E-state index >= 15 is 0 Å². The molecular weight excluding hydrogens is 230 g/mol. The van der Waals surface area contributed by atoms with Crippen LogP contribution in [0.15, 0.2) is 0 Å². The fourth-order valence-corrected chi connectivity index (χ4v) is 1.79. The molecular formula is C13H27N3O2. The second-order valence-electron chi connectivity index (χ2n) is 4.40. The first-order valence-corrected chi connectivity index (χ1v) is 6.85. The Morgan fingerprint density at radius 3 is 2.28 bits per heavy atom. The number of carbonyl (C=O) groups is 2. The number of rotatable bonds is 9. The average molecular weight is 257 g/mol. The maximum Gasteiger partial charge on any atom is 0.244 e. The van der Waals surface area contributed by atoms with E-state index in [1.165, 1.54) is 0 Å². The molecule has 5 heteroatoms. The molecule has 0 aliphatic rings. The Morgan fingerprint density at radius 1 is 1.17 bits per heavy atom. The van der Waals surface area contributed by atoms with Crippen molar-refractivity contribution in [1.29, 1.82) is 0 Å². The summed E-state index contributed by atoms with van der Waals surface area (Å²) in [6.07, 6.45) is 3.20. The van der Waals surface area contributed by atoms with Gasteiger partial charge in [-0.2, -0.15) is 0 Å². The Labute approximate surface area is 110 Å². The summed E-state index contributed by atoms with van der Waals surface area (Å²) in [4.78, 5) is 25.2. The predicted octanol–water partition coefficient (Wildman–Crippen LogP) is 0.879. The molecule has 0 saturated carbocycles. The molecule has 2 amide bonds. The Balaban J connectivity index is 3.95. The molecule has 0 rings (SSSR count). The van der Waals surface area contributed by atoms with Gasteiger partial charge in [-0.05, 0) is 40.2 Å². The van der Waals surface area contributed by atoms with E-state index in [1.807, 2.05) is 13.8 Å². The molecule has 0 aliphatic carbocycles. The summed E-state index contributed by atoms with van der Waals surface area (Å²) in [7, 11) is 0. The molecule has 0 aromatic heterocycles. The third-order valence-corrected chi connectivity index (χ3v) is 2.93. The van der Waals surface area contributed by atoms with Crippen LogP contribution in [0.4, 0.5) is 0 Å². The minimum absolute atomic E-state index is 0.0182. The Hall–Kier alpha value is -1.10. The summed E-state index contributed by atoms with van der Waals surface area (Å²) in [5.74, 6) is -0.0738. The van der Waals surface area contributed by atoms with E-state index in [1.54, 1.807) is 11.8 Å². The number of likely N-dealkylation sites (N-methyl/N-ethyl adjacent to an activating group) is 1. The fraction of sp³-hybridized carbons (Fsp3) is 0.846. The maximum atomic E-state index is 11.9. The summed E-state index contributed by atoms with van der Waals surface area (Å²) in [5, 5.41) is 2.74. The van der Waals surface area contributed by atoms with Gasteiger partial charge in [0.25, 0.3) is 0 Å². The largest absolute Gasteiger partial charge is 0.345 e. The van der Waals surface area contributed by atoms with E-state index in [-0.39, 0.29) is 11.8 Å². The van der Waals surface area contributed by atoms with Crippen LogP contribution in [0.1, 0.15) is 46.5 Å². The zero-order valence-corrected chi connectivity index (χ0v) is 11.9.